The number of pyridine rings is 1. The summed E-state index contributed by atoms with van der Waals surface area (Å²) in [5.41, 5.74) is 0. The summed E-state index contributed by atoms with van der Waals surface area (Å²) in [4.78, 5) is 29.2. The van der Waals surface area contributed by atoms with Crippen LogP contribution in [0.1, 0.15) is 6.42 Å². The first kappa shape index (κ1) is 12.8. The normalized spacial score (nSPS) is 19.8. The van der Waals surface area contributed by atoms with E-state index < -0.39 is 11.9 Å². The van der Waals surface area contributed by atoms with Crippen LogP contribution in [0.5, 0.6) is 0 Å². The molecule has 2 rings (SSSR count). The first-order chi connectivity index (χ1) is 8.63. The van der Waals surface area contributed by atoms with Crippen LogP contribution in [-0.2, 0) is 14.3 Å². The smallest absolute Gasteiger partial charge is 0.316 e. The minimum Gasteiger partial charge on any atom is -0.468 e. The van der Waals surface area contributed by atoms with Gasteiger partial charge in [0.2, 0.25) is 0 Å². The van der Waals surface area contributed by atoms with E-state index in [9.17, 15) is 9.59 Å². The Labute approximate surface area is 110 Å². The number of Topliss-reactive ketones (excluding diaryl/α,β-unsaturated/α-hetero) is 1. The molecular weight excluding hydrogens is 256 g/mol. The van der Waals surface area contributed by atoms with E-state index in [0.717, 1.165) is 0 Å². The third-order valence-corrected chi connectivity index (χ3v) is 3.24. The maximum atomic E-state index is 11.9. The first-order valence-electron chi connectivity index (χ1n) is 5.59. The van der Waals surface area contributed by atoms with Crippen molar-refractivity contribution in [2.75, 3.05) is 25.1 Å². The molecule has 0 spiro atoms. The third kappa shape index (κ3) is 2.46. The fourth-order valence-corrected chi connectivity index (χ4v) is 2.25. The lowest BCUT2D eigenvalue weighted by Crippen LogP contribution is -2.44. The van der Waals surface area contributed by atoms with E-state index in [-0.39, 0.29) is 12.3 Å². The topological polar surface area (TPSA) is 59.5 Å². The fraction of sp³-hybridized carbons (Fsp3) is 0.417. The number of carbonyl (C=O) groups excluding carboxylic acids is 2. The molecule has 0 N–H and O–H groups in total. The molecule has 0 amide bonds. The van der Waals surface area contributed by atoms with Crippen molar-refractivity contribution in [2.24, 2.45) is 5.92 Å². The van der Waals surface area contributed by atoms with Crippen LogP contribution in [0.25, 0.3) is 0 Å². The number of rotatable bonds is 2. The number of aromatic nitrogens is 1. The van der Waals surface area contributed by atoms with E-state index >= 15 is 0 Å². The summed E-state index contributed by atoms with van der Waals surface area (Å²) in [5, 5.41) is 0.502. The molecule has 0 aromatic carbocycles. The molecule has 96 valence electrons. The minimum absolute atomic E-state index is 0.135. The highest BCUT2D eigenvalue weighted by atomic mass is 35.5. The summed E-state index contributed by atoms with van der Waals surface area (Å²) in [6.07, 6.45) is 2.05. The molecule has 0 radical (unpaired) electrons. The highest BCUT2D eigenvalue weighted by Crippen LogP contribution is 2.26. The van der Waals surface area contributed by atoms with Crippen LogP contribution in [0.4, 0.5) is 5.82 Å². The van der Waals surface area contributed by atoms with Crippen LogP contribution < -0.4 is 4.90 Å². The van der Waals surface area contributed by atoms with Crippen molar-refractivity contribution in [3.63, 3.8) is 0 Å². The van der Waals surface area contributed by atoms with E-state index in [2.05, 4.69) is 9.72 Å². The van der Waals surface area contributed by atoms with E-state index in [1.165, 1.54) is 7.11 Å². The lowest BCUT2D eigenvalue weighted by atomic mass is 9.95. The Morgan fingerprint density at radius 3 is 3.00 bits per heavy atom. The Kier molecular flexibility index (Phi) is 3.81. The highest BCUT2D eigenvalue weighted by molar-refractivity contribution is 6.33. The van der Waals surface area contributed by atoms with Gasteiger partial charge < -0.3 is 9.64 Å². The van der Waals surface area contributed by atoms with Gasteiger partial charge in [0.05, 0.1) is 18.7 Å². The van der Waals surface area contributed by atoms with E-state index in [0.29, 0.717) is 23.8 Å². The molecule has 6 heteroatoms. The molecule has 0 aliphatic carbocycles. The van der Waals surface area contributed by atoms with Crippen LogP contribution in [0.3, 0.4) is 0 Å². The van der Waals surface area contributed by atoms with Gasteiger partial charge in [-0.05, 0) is 18.6 Å². The Morgan fingerprint density at radius 2 is 2.39 bits per heavy atom. The van der Waals surface area contributed by atoms with Gasteiger partial charge in [-0.15, -0.1) is 0 Å². The largest absolute Gasteiger partial charge is 0.468 e. The van der Waals surface area contributed by atoms with Crippen molar-refractivity contribution in [1.82, 2.24) is 4.98 Å². The first-order valence-corrected chi connectivity index (χ1v) is 5.97. The standard InChI is InChI=1S/C12H13ClN2O3/c1-18-12(17)8-4-6-15(7-10(8)16)11-9(13)3-2-5-14-11/h2-3,5,8H,4,6-7H2,1H3. The number of ketones is 1. The van der Waals surface area contributed by atoms with Crippen LogP contribution >= 0.6 is 11.6 Å². The number of hydrogen-bond donors (Lipinski definition) is 0. The SMILES string of the molecule is COC(=O)C1CCN(c2ncccc2Cl)CC1=O. The molecule has 1 aliphatic heterocycles. The highest BCUT2D eigenvalue weighted by Gasteiger charge is 2.34. The average Bonchev–Trinajstić information content (AvgIpc) is 2.38. The number of carbonyl (C=O) groups is 2. The second-order valence-corrected chi connectivity index (χ2v) is 4.47. The summed E-state index contributed by atoms with van der Waals surface area (Å²) in [7, 11) is 1.29. The van der Waals surface area contributed by atoms with Gasteiger partial charge in [-0.3, -0.25) is 9.59 Å². The predicted octanol–water partition coefficient (Wildman–Crippen LogP) is 1.30. The molecule has 1 aromatic rings. The Bertz CT molecular complexity index is 478. The summed E-state index contributed by atoms with van der Waals surface area (Å²) in [6.45, 7) is 0.693. The van der Waals surface area contributed by atoms with Crippen molar-refractivity contribution in [3.05, 3.63) is 23.4 Å². The van der Waals surface area contributed by atoms with Gasteiger partial charge >= 0.3 is 5.97 Å². The third-order valence-electron chi connectivity index (χ3n) is 2.95. The molecule has 1 unspecified atom stereocenters. The molecule has 0 bridgehead atoms. The number of piperidine rings is 1. The number of hydrogen-bond acceptors (Lipinski definition) is 5. The van der Waals surface area contributed by atoms with Crippen LogP contribution in [0.2, 0.25) is 5.02 Å². The molecule has 18 heavy (non-hydrogen) atoms. The van der Waals surface area contributed by atoms with Gasteiger partial charge in [0.15, 0.2) is 5.78 Å². The second kappa shape index (κ2) is 5.35. The maximum Gasteiger partial charge on any atom is 0.316 e. The molecule has 1 atom stereocenters. The van der Waals surface area contributed by atoms with E-state index in [1.807, 2.05) is 0 Å². The van der Waals surface area contributed by atoms with Crippen molar-refractivity contribution in [1.29, 1.82) is 0 Å². The van der Waals surface area contributed by atoms with Gasteiger partial charge in [-0.25, -0.2) is 4.98 Å². The van der Waals surface area contributed by atoms with E-state index in [4.69, 9.17) is 11.6 Å². The Hall–Kier alpha value is -1.62. The molecule has 0 saturated carbocycles. The van der Waals surface area contributed by atoms with Crippen molar-refractivity contribution < 1.29 is 14.3 Å². The van der Waals surface area contributed by atoms with Crippen molar-refractivity contribution in [2.45, 2.75) is 6.42 Å². The van der Waals surface area contributed by atoms with E-state index in [1.54, 1.807) is 23.2 Å². The number of methoxy groups -OCH3 is 1. The summed E-state index contributed by atoms with van der Waals surface area (Å²) < 4.78 is 4.60. The molecule has 1 aromatic heterocycles. The van der Waals surface area contributed by atoms with Crippen molar-refractivity contribution in [3.8, 4) is 0 Å². The molecule has 1 saturated heterocycles. The minimum atomic E-state index is -0.659. The molecule has 1 aliphatic rings. The van der Waals surface area contributed by atoms with Crippen molar-refractivity contribution >= 4 is 29.2 Å². The number of anilines is 1. The fourth-order valence-electron chi connectivity index (χ4n) is 2.01. The number of nitrogens with zero attached hydrogens (tertiary/aromatic N) is 2. The molecule has 1 fully saturated rings. The summed E-state index contributed by atoms with van der Waals surface area (Å²) in [6, 6.07) is 3.45. The second-order valence-electron chi connectivity index (χ2n) is 4.06. The average molecular weight is 269 g/mol. The van der Waals surface area contributed by atoms with Crippen LogP contribution in [-0.4, -0.2) is 36.9 Å². The zero-order valence-electron chi connectivity index (χ0n) is 9.93. The zero-order valence-corrected chi connectivity index (χ0v) is 10.7. The van der Waals surface area contributed by atoms with Crippen LogP contribution in [0, 0.1) is 5.92 Å². The Balaban J connectivity index is 2.11. The lowest BCUT2D eigenvalue weighted by Gasteiger charge is -2.30. The Morgan fingerprint density at radius 1 is 1.61 bits per heavy atom. The monoisotopic (exact) mass is 268 g/mol. The molecule has 5 nitrogen and oxygen atoms in total. The number of esters is 1. The summed E-state index contributed by atoms with van der Waals surface area (Å²) in [5.74, 6) is -0.703. The quantitative estimate of drug-likeness (QED) is 0.598. The van der Waals surface area contributed by atoms with Gasteiger partial charge in [-0.1, -0.05) is 11.6 Å². The molecular formula is C12H13ClN2O3. The molecule has 2 heterocycles. The lowest BCUT2D eigenvalue weighted by molar-refractivity contribution is -0.149. The van der Waals surface area contributed by atoms with Gasteiger partial charge in [-0.2, -0.15) is 0 Å². The van der Waals surface area contributed by atoms with Crippen LogP contribution in [0.15, 0.2) is 18.3 Å². The number of halogens is 1. The van der Waals surface area contributed by atoms with Gasteiger partial charge in [0, 0.05) is 12.7 Å². The number of ether oxygens (including phenoxy) is 1. The maximum absolute atomic E-state index is 11.9. The summed E-state index contributed by atoms with van der Waals surface area (Å²) >= 11 is 6.02. The predicted molar refractivity (Wildman–Crippen MR) is 66.6 cm³/mol. The van der Waals surface area contributed by atoms with Gasteiger partial charge in [0.25, 0.3) is 0 Å². The van der Waals surface area contributed by atoms with Gasteiger partial charge in [0.1, 0.15) is 11.7 Å². The zero-order chi connectivity index (χ0) is 13.1.